The van der Waals surface area contributed by atoms with Crippen molar-refractivity contribution in [3.05, 3.63) is 119 Å². The molecule has 3 aromatic carbocycles. The average Bonchev–Trinajstić information content (AvgIpc) is 3.48. The molecule has 0 aliphatic carbocycles. The Morgan fingerprint density at radius 3 is 2.37 bits per heavy atom. The summed E-state index contributed by atoms with van der Waals surface area (Å²) in [7, 11) is 0. The van der Waals surface area contributed by atoms with E-state index in [1.54, 1.807) is 61.2 Å². The molecule has 2 N–H and O–H groups in total. The van der Waals surface area contributed by atoms with Crippen molar-refractivity contribution in [2.45, 2.75) is 38.0 Å². The third-order valence-electron chi connectivity index (χ3n) is 6.59. The zero-order chi connectivity index (χ0) is 29.2. The summed E-state index contributed by atoms with van der Waals surface area (Å²) < 4.78 is 35.2. The number of aromatic nitrogens is 2. The van der Waals surface area contributed by atoms with Crippen LogP contribution in [0.5, 0.6) is 5.75 Å². The summed E-state index contributed by atoms with van der Waals surface area (Å²) in [5, 5.41) is 12.3. The molecule has 0 radical (unpaired) electrons. The van der Waals surface area contributed by atoms with E-state index < -0.39 is 24.0 Å². The van der Waals surface area contributed by atoms with Gasteiger partial charge in [-0.1, -0.05) is 30.3 Å². The van der Waals surface area contributed by atoms with Gasteiger partial charge in [0.25, 0.3) is 5.91 Å². The van der Waals surface area contributed by atoms with Crippen molar-refractivity contribution in [3.8, 4) is 5.75 Å². The lowest BCUT2D eigenvalue weighted by Gasteiger charge is -2.22. The van der Waals surface area contributed by atoms with Crippen LogP contribution in [0.3, 0.4) is 0 Å². The van der Waals surface area contributed by atoms with E-state index in [1.807, 2.05) is 10.8 Å². The zero-order valence-electron chi connectivity index (χ0n) is 22.5. The van der Waals surface area contributed by atoms with E-state index in [0.717, 1.165) is 11.1 Å². The number of carboxylic acid groups (broad SMARTS) is 1. The van der Waals surface area contributed by atoms with E-state index in [0.29, 0.717) is 42.0 Å². The lowest BCUT2D eigenvalue weighted by Crippen LogP contribution is -2.41. The Morgan fingerprint density at radius 1 is 1.02 bits per heavy atom. The Bertz CT molecular complexity index is 1430. The van der Waals surface area contributed by atoms with Crippen molar-refractivity contribution in [3.63, 3.8) is 0 Å². The minimum Gasteiger partial charge on any atom is -0.484 e. The molecule has 0 bridgehead atoms. The number of hydrogen-bond acceptors (Lipinski definition) is 5. The minimum absolute atomic E-state index is 0.279. The maximum atomic E-state index is 13.6. The molecule has 7 nitrogen and oxygen atoms in total. The van der Waals surface area contributed by atoms with E-state index in [9.17, 15) is 23.5 Å². The third-order valence-corrected chi connectivity index (χ3v) is 7.24. The molecule has 41 heavy (non-hydrogen) atoms. The maximum absolute atomic E-state index is 13.6. The molecule has 1 aromatic heterocycles. The van der Waals surface area contributed by atoms with Crippen molar-refractivity contribution in [1.82, 2.24) is 14.9 Å². The molecule has 2 atom stereocenters. The van der Waals surface area contributed by atoms with Gasteiger partial charge in [0.15, 0.2) is 0 Å². The van der Waals surface area contributed by atoms with E-state index in [-0.39, 0.29) is 18.1 Å². The summed E-state index contributed by atoms with van der Waals surface area (Å²) in [5.74, 6) is -1.35. The first-order chi connectivity index (χ1) is 19.8. The van der Waals surface area contributed by atoms with Crippen molar-refractivity contribution in [1.29, 1.82) is 0 Å². The lowest BCUT2D eigenvalue weighted by atomic mass is 9.98. The molecule has 1 unspecified atom stereocenters. The summed E-state index contributed by atoms with van der Waals surface area (Å²) in [5.41, 5.74) is 2.62. The van der Waals surface area contributed by atoms with Crippen LogP contribution in [-0.4, -0.2) is 44.6 Å². The van der Waals surface area contributed by atoms with Crippen LogP contribution >= 0.6 is 11.8 Å². The zero-order valence-corrected chi connectivity index (χ0v) is 23.3. The molecule has 1 heterocycles. The van der Waals surface area contributed by atoms with Gasteiger partial charge in [0.05, 0.1) is 12.9 Å². The van der Waals surface area contributed by atoms with Gasteiger partial charge in [-0.2, -0.15) is 11.8 Å². The van der Waals surface area contributed by atoms with E-state index in [4.69, 9.17) is 4.74 Å². The van der Waals surface area contributed by atoms with Gasteiger partial charge < -0.3 is 19.7 Å². The van der Waals surface area contributed by atoms with Crippen LogP contribution in [0, 0.1) is 11.6 Å². The summed E-state index contributed by atoms with van der Waals surface area (Å²) in [4.78, 5) is 29.4. The molecule has 1 amide bonds. The van der Waals surface area contributed by atoms with Crippen LogP contribution in [0.1, 0.15) is 39.6 Å². The maximum Gasteiger partial charge on any atom is 0.326 e. The van der Waals surface area contributed by atoms with E-state index in [1.165, 1.54) is 36.0 Å². The number of aryl methyl sites for hydroxylation is 2. The molecule has 214 valence electrons. The van der Waals surface area contributed by atoms with E-state index in [2.05, 4.69) is 10.3 Å². The Morgan fingerprint density at radius 2 is 1.73 bits per heavy atom. The fraction of sp³-hybridized carbons (Fsp3) is 0.258. The van der Waals surface area contributed by atoms with Crippen molar-refractivity contribution >= 4 is 23.6 Å². The second-order valence-electron chi connectivity index (χ2n) is 9.51. The average molecular weight is 580 g/mol. The van der Waals surface area contributed by atoms with Gasteiger partial charge in [-0.05, 0) is 84.4 Å². The topological polar surface area (TPSA) is 93.5 Å². The standard InChI is InChI=1S/C31H31F2N3O4S/c1-41-17-14-28(31(38)39)35-30(37)27-18-26(13-8-22(27)5-2-21-3-9-24(32)10-4-21)40-29(19-36-16-15-34-20-36)23-6-11-25(33)12-7-23/h3-4,6-13,15-16,18,20,28-29H,2,5,14,17,19H2,1H3,(H,35,37)(H,38,39)/t28-,29?/m0/s1. The number of benzene rings is 3. The number of halogens is 2. The van der Waals surface area contributed by atoms with Crippen LogP contribution in [-0.2, 0) is 24.2 Å². The first-order valence-corrected chi connectivity index (χ1v) is 14.5. The molecular formula is C31H31F2N3O4S. The highest BCUT2D eigenvalue weighted by atomic mass is 32.2. The molecule has 0 saturated heterocycles. The summed E-state index contributed by atoms with van der Waals surface area (Å²) in [6, 6.07) is 16.3. The first kappa shape index (κ1) is 29.8. The highest BCUT2D eigenvalue weighted by Crippen LogP contribution is 2.27. The number of amides is 1. The second kappa shape index (κ2) is 14.5. The lowest BCUT2D eigenvalue weighted by molar-refractivity contribution is -0.139. The minimum atomic E-state index is -1.11. The predicted molar refractivity (Wildman–Crippen MR) is 154 cm³/mol. The number of rotatable bonds is 14. The summed E-state index contributed by atoms with van der Waals surface area (Å²) in [6.45, 7) is 0.384. The van der Waals surface area contributed by atoms with Crippen LogP contribution in [0.2, 0.25) is 0 Å². The van der Waals surface area contributed by atoms with Gasteiger partial charge in [-0.3, -0.25) is 4.79 Å². The smallest absolute Gasteiger partial charge is 0.326 e. The molecule has 4 rings (SSSR count). The number of nitrogens with zero attached hydrogens (tertiary/aromatic N) is 2. The molecule has 4 aromatic rings. The SMILES string of the molecule is CSCC[C@H](NC(=O)c1cc(OC(Cn2ccnc2)c2ccc(F)cc2)ccc1CCc1ccc(F)cc1)C(=O)O. The first-order valence-electron chi connectivity index (χ1n) is 13.1. The van der Waals surface area contributed by atoms with Gasteiger partial charge >= 0.3 is 5.97 Å². The Kier molecular flexibility index (Phi) is 10.5. The second-order valence-corrected chi connectivity index (χ2v) is 10.5. The fourth-order valence-corrected chi connectivity index (χ4v) is 4.83. The number of nitrogens with one attached hydrogen (secondary N) is 1. The normalized spacial score (nSPS) is 12.5. The Hall–Kier alpha value is -4.18. The van der Waals surface area contributed by atoms with Crippen LogP contribution < -0.4 is 10.1 Å². The monoisotopic (exact) mass is 579 g/mol. The van der Waals surface area contributed by atoms with Crippen LogP contribution in [0.4, 0.5) is 8.78 Å². The molecule has 0 fully saturated rings. The number of ether oxygens (including phenoxy) is 1. The molecule has 0 aliphatic heterocycles. The van der Waals surface area contributed by atoms with Gasteiger partial charge in [-0.25, -0.2) is 18.6 Å². The van der Waals surface area contributed by atoms with Gasteiger partial charge in [0.2, 0.25) is 0 Å². The number of aliphatic carboxylic acids is 1. The summed E-state index contributed by atoms with van der Waals surface area (Å²) in [6.07, 6.45) is 7.73. The largest absolute Gasteiger partial charge is 0.484 e. The van der Waals surface area contributed by atoms with Gasteiger partial charge in [0.1, 0.15) is 29.5 Å². The van der Waals surface area contributed by atoms with Crippen molar-refractivity contribution in [2.24, 2.45) is 0 Å². The van der Waals surface area contributed by atoms with Gasteiger partial charge in [-0.15, -0.1) is 0 Å². The van der Waals surface area contributed by atoms with E-state index >= 15 is 0 Å². The Labute approximate surface area is 241 Å². The number of carbonyl (C=O) groups excluding carboxylic acids is 1. The molecule has 10 heteroatoms. The molecule has 0 aliphatic rings. The fourth-order valence-electron chi connectivity index (χ4n) is 4.36. The van der Waals surface area contributed by atoms with Crippen molar-refractivity contribution in [2.75, 3.05) is 12.0 Å². The third kappa shape index (κ3) is 8.65. The number of carbonyl (C=O) groups is 2. The number of hydrogen-bond donors (Lipinski definition) is 2. The van der Waals surface area contributed by atoms with Crippen LogP contribution in [0.25, 0.3) is 0 Å². The quantitative estimate of drug-likeness (QED) is 0.199. The highest BCUT2D eigenvalue weighted by Gasteiger charge is 2.23. The Balaban J connectivity index is 1.63. The van der Waals surface area contributed by atoms with Crippen LogP contribution in [0.15, 0.2) is 85.5 Å². The molecule has 0 saturated carbocycles. The molecular weight excluding hydrogens is 548 g/mol. The van der Waals surface area contributed by atoms with Crippen molar-refractivity contribution < 1.29 is 28.2 Å². The highest BCUT2D eigenvalue weighted by molar-refractivity contribution is 7.98. The number of imidazole rings is 1. The predicted octanol–water partition coefficient (Wildman–Crippen LogP) is 5.70. The number of carboxylic acids is 1. The molecule has 0 spiro atoms. The number of thioether (sulfide) groups is 1. The van der Waals surface area contributed by atoms with Gasteiger partial charge in [0, 0.05) is 18.0 Å². The summed E-state index contributed by atoms with van der Waals surface area (Å²) >= 11 is 1.50.